The van der Waals surface area contributed by atoms with Gasteiger partial charge in [-0.1, -0.05) is 133 Å². The van der Waals surface area contributed by atoms with Crippen molar-refractivity contribution >= 4 is 71.7 Å². The van der Waals surface area contributed by atoms with Gasteiger partial charge in [-0.25, -0.2) is 9.97 Å². The molecule has 0 atom stereocenters. The molecule has 3 aromatic heterocycles. The molecule has 3 heterocycles. The number of fused-ring (bicyclic) bond motifs is 7. The number of anilines is 3. The van der Waals surface area contributed by atoms with Crippen LogP contribution in [-0.2, 0) is 0 Å². The minimum absolute atomic E-state index is 0.602. The summed E-state index contributed by atoms with van der Waals surface area (Å²) in [6, 6.07) is 73.9. The topological polar surface area (TPSA) is 55.3 Å². The van der Waals surface area contributed by atoms with Crippen molar-refractivity contribution in [3.63, 3.8) is 0 Å². The van der Waals surface area contributed by atoms with Crippen molar-refractivity contribution in [1.29, 1.82) is 0 Å². The molecule has 9 aromatic carbocycles. The van der Waals surface area contributed by atoms with Crippen LogP contribution in [0.25, 0.3) is 99.7 Å². The van der Waals surface area contributed by atoms with E-state index in [4.69, 9.17) is 18.8 Å². The molecule has 5 heteroatoms. The second kappa shape index (κ2) is 14.2. The highest BCUT2D eigenvalue weighted by atomic mass is 16.3. The average molecular weight is 782 g/mol. The van der Waals surface area contributed by atoms with E-state index in [0.29, 0.717) is 5.82 Å². The largest absolute Gasteiger partial charge is 0.456 e. The quantitative estimate of drug-likeness (QED) is 0.161. The molecule has 0 saturated carbocycles. The standard InChI is InChI=1S/C56H35N3O2/c1-4-14-37(15-5-1)50-35-51(38-16-6-2-7-17-38)58-56(57-50)49-32-41(31-48-46-30-39-18-10-11-19-40(39)33-54(46)61-55(48)49)36-24-26-43(27-25-36)59(42-20-8-3-9-21-42)44-28-29-53-47(34-44)45-22-12-13-23-52(45)60-53/h1-35H. The smallest absolute Gasteiger partial charge is 0.164 e. The maximum atomic E-state index is 6.83. The summed E-state index contributed by atoms with van der Waals surface area (Å²) in [6.45, 7) is 0. The molecule has 0 saturated heterocycles. The normalized spacial score (nSPS) is 11.6. The zero-order valence-corrected chi connectivity index (χ0v) is 32.9. The van der Waals surface area contributed by atoms with Gasteiger partial charge in [-0.15, -0.1) is 0 Å². The minimum atomic E-state index is 0.602. The number of rotatable bonds is 7. The first kappa shape index (κ1) is 34.7. The van der Waals surface area contributed by atoms with Crippen molar-refractivity contribution < 1.29 is 8.83 Å². The van der Waals surface area contributed by atoms with Crippen molar-refractivity contribution in [2.75, 3.05) is 4.90 Å². The summed E-state index contributed by atoms with van der Waals surface area (Å²) in [5.41, 5.74) is 13.1. The van der Waals surface area contributed by atoms with E-state index in [9.17, 15) is 0 Å². The Hall–Kier alpha value is -8.28. The van der Waals surface area contributed by atoms with Gasteiger partial charge in [-0.2, -0.15) is 0 Å². The number of aromatic nitrogens is 2. The van der Waals surface area contributed by atoms with Crippen LogP contribution in [0.2, 0.25) is 0 Å². The van der Waals surface area contributed by atoms with E-state index in [1.807, 2.05) is 48.5 Å². The van der Waals surface area contributed by atoms with E-state index in [2.05, 4.69) is 169 Å². The molecule has 0 spiro atoms. The van der Waals surface area contributed by atoms with Crippen molar-refractivity contribution in [3.8, 4) is 45.0 Å². The summed E-state index contributed by atoms with van der Waals surface area (Å²) < 4.78 is 13.0. The Kier molecular flexibility index (Phi) is 8.10. The van der Waals surface area contributed by atoms with Gasteiger partial charge in [0, 0.05) is 49.7 Å². The van der Waals surface area contributed by atoms with Crippen LogP contribution in [0.1, 0.15) is 0 Å². The third-order valence-corrected chi connectivity index (χ3v) is 11.6. The lowest BCUT2D eigenvalue weighted by molar-refractivity contribution is 0.669. The Morgan fingerprint density at radius 2 is 0.902 bits per heavy atom. The molecule has 0 aliphatic rings. The number of benzene rings is 9. The van der Waals surface area contributed by atoms with E-state index >= 15 is 0 Å². The average Bonchev–Trinajstić information content (AvgIpc) is 3.89. The van der Waals surface area contributed by atoms with Gasteiger partial charge < -0.3 is 13.7 Å². The highest BCUT2D eigenvalue weighted by Gasteiger charge is 2.21. The molecular weight excluding hydrogens is 747 g/mol. The first-order valence-corrected chi connectivity index (χ1v) is 20.5. The van der Waals surface area contributed by atoms with Crippen LogP contribution in [0, 0.1) is 0 Å². The summed E-state index contributed by atoms with van der Waals surface area (Å²) in [6.07, 6.45) is 0. The van der Waals surface area contributed by atoms with E-state index in [1.165, 1.54) is 0 Å². The molecule has 0 aliphatic carbocycles. The first-order chi connectivity index (χ1) is 30.2. The maximum absolute atomic E-state index is 6.83. The van der Waals surface area contributed by atoms with Gasteiger partial charge in [-0.05, 0) is 101 Å². The third-order valence-electron chi connectivity index (χ3n) is 11.6. The first-order valence-electron chi connectivity index (χ1n) is 20.5. The van der Waals surface area contributed by atoms with Crippen molar-refractivity contribution in [2.24, 2.45) is 0 Å². The van der Waals surface area contributed by atoms with Crippen molar-refractivity contribution in [1.82, 2.24) is 9.97 Å². The lowest BCUT2D eigenvalue weighted by atomic mass is 9.97. The fourth-order valence-electron chi connectivity index (χ4n) is 8.66. The molecule has 0 amide bonds. The van der Waals surface area contributed by atoms with Crippen molar-refractivity contribution in [3.05, 3.63) is 212 Å². The molecule has 0 unspecified atom stereocenters. The Bertz CT molecular complexity index is 3520. The Morgan fingerprint density at radius 1 is 0.328 bits per heavy atom. The van der Waals surface area contributed by atoms with Gasteiger partial charge in [0.25, 0.3) is 0 Å². The van der Waals surface area contributed by atoms with E-state index in [-0.39, 0.29) is 0 Å². The molecular formula is C56H35N3O2. The highest BCUT2D eigenvalue weighted by Crippen LogP contribution is 2.43. The van der Waals surface area contributed by atoms with Gasteiger partial charge in [0.15, 0.2) is 5.82 Å². The summed E-state index contributed by atoms with van der Waals surface area (Å²) in [5, 5.41) is 6.53. The SMILES string of the molecule is c1ccc(-c2cc(-c3ccccc3)nc(-c3cc(-c4ccc(N(c5ccccc5)c5ccc6oc7ccccc7c6c5)cc4)cc4c3oc3cc5ccccc5cc34)n2)cc1. The fraction of sp³-hybridized carbons (Fsp3) is 0. The van der Waals surface area contributed by atoms with Crippen molar-refractivity contribution in [2.45, 2.75) is 0 Å². The van der Waals surface area contributed by atoms with Gasteiger partial charge in [0.05, 0.1) is 17.0 Å². The summed E-state index contributed by atoms with van der Waals surface area (Å²) in [5.74, 6) is 0.602. The second-order valence-corrected chi connectivity index (χ2v) is 15.4. The molecule has 61 heavy (non-hydrogen) atoms. The number of nitrogens with zero attached hydrogens (tertiary/aromatic N) is 3. The zero-order chi connectivity index (χ0) is 40.3. The molecule has 0 bridgehead atoms. The van der Waals surface area contributed by atoms with E-state index in [0.717, 1.165) is 111 Å². The van der Waals surface area contributed by atoms with Crippen LogP contribution in [0.5, 0.6) is 0 Å². The van der Waals surface area contributed by atoms with Gasteiger partial charge >= 0.3 is 0 Å². The predicted molar refractivity (Wildman–Crippen MR) is 251 cm³/mol. The molecule has 12 rings (SSSR count). The second-order valence-electron chi connectivity index (χ2n) is 15.4. The Morgan fingerprint density at radius 3 is 1.62 bits per heavy atom. The summed E-state index contributed by atoms with van der Waals surface area (Å²) >= 11 is 0. The van der Waals surface area contributed by atoms with E-state index in [1.54, 1.807) is 0 Å². The van der Waals surface area contributed by atoms with E-state index < -0.39 is 0 Å². The number of para-hydroxylation sites is 2. The molecule has 0 fully saturated rings. The molecule has 0 N–H and O–H groups in total. The lowest BCUT2D eigenvalue weighted by Crippen LogP contribution is -2.09. The lowest BCUT2D eigenvalue weighted by Gasteiger charge is -2.25. The van der Waals surface area contributed by atoms with Gasteiger partial charge in [0.2, 0.25) is 0 Å². The molecule has 5 nitrogen and oxygen atoms in total. The number of hydrogen-bond donors (Lipinski definition) is 0. The molecule has 0 aliphatic heterocycles. The molecule has 12 aromatic rings. The van der Waals surface area contributed by atoms with Crippen LogP contribution in [0.3, 0.4) is 0 Å². The van der Waals surface area contributed by atoms with Crippen LogP contribution in [0.4, 0.5) is 17.1 Å². The van der Waals surface area contributed by atoms with Crippen LogP contribution < -0.4 is 4.90 Å². The molecule has 0 radical (unpaired) electrons. The third kappa shape index (κ3) is 6.10. The number of furan rings is 2. The minimum Gasteiger partial charge on any atom is -0.456 e. The van der Waals surface area contributed by atoms with Gasteiger partial charge in [0.1, 0.15) is 22.3 Å². The predicted octanol–water partition coefficient (Wildman–Crippen LogP) is 15.6. The monoisotopic (exact) mass is 781 g/mol. The maximum Gasteiger partial charge on any atom is 0.164 e. The Balaban J connectivity index is 1.04. The van der Waals surface area contributed by atoms with Crippen LogP contribution in [0.15, 0.2) is 221 Å². The highest BCUT2D eigenvalue weighted by molar-refractivity contribution is 6.14. The Labute approximate surface area is 351 Å². The summed E-state index contributed by atoms with van der Waals surface area (Å²) in [4.78, 5) is 12.8. The number of hydrogen-bond acceptors (Lipinski definition) is 5. The van der Waals surface area contributed by atoms with Crippen LogP contribution in [-0.4, -0.2) is 9.97 Å². The fourth-order valence-corrected chi connectivity index (χ4v) is 8.66. The van der Waals surface area contributed by atoms with Crippen LogP contribution >= 0.6 is 0 Å². The molecule has 286 valence electrons. The zero-order valence-electron chi connectivity index (χ0n) is 32.9. The summed E-state index contributed by atoms with van der Waals surface area (Å²) in [7, 11) is 0. The van der Waals surface area contributed by atoms with Gasteiger partial charge in [-0.3, -0.25) is 0 Å².